The van der Waals surface area contributed by atoms with Gasteiger partial charge in [-0.05, 0) is 74.5 Å². The molecule has 76 heavy (non-hydrogen) atoms. The van der Waals surface area contributed by atoms with E-state index in [-0.39, 0.29) is 37.1 Å². The van der Waals surface area contributed by atoms with Crippen molar-refractivity contribution in [3.63, 3.8) is 0 Å². The topological polar surface area (TPSA) is 391 Å². The molecule has 3 fully saturated rings. The Labute approximate surface area is 443 Å². The number of aliphatic hydroxyl groups is 7. The summed E-state index contributed by atoms with van der Waals surface area (Å²) in [7, 11) is 0. The summed E-state index contributed by atoms with van der Waals surface area (Å²) in [6, 6.07) is -6.06. The lowest BCUT2D eigenvalue weighted by molar-refractivity contribution is -0.149. The molecule has 1 aromatic rings. The number of carbonyl (C=O) groups excluding carboxylic acids is 8. The number of nitrogens with zero attached hydrogens (tertiary/aromatic N) is 2. The van der Waals surface area contributed by atoms with E-state index in [2.05, 4.69) is 47.4 Å². The number of rotatable bonds is 20. The zero-order valence-electron chi connectivity index (χ0n) is 44.4. The SMILES string of the molecule is CCC(C)CC(C)CCCCCCCCC(=O)N[C@@H]1CC(=O)NC([C@H](C)O)C(=O)N2C[C@@H](C)CC2C(=O)NC([C@H](O)[C@@H](O)c2ccc(O)cc2)C(=O)NC([C@H](O)CC(N)=O)C(=O)N2CC[C@H](O)C2C(=O)N[C@H](O)[C@H](O)C1. The fourth-order valence-corrected chi connectivity index (χ4v) is 10.3. The van der Waals surface area contributed by atoms with Crippen molar-refractivity contribution in [1.82, 2.24) is 36.4 Å². The van der Waals surface area contributed by atoms with Gasteiger partial charge in [0.15, 0.2) is 6.23 Å². The van der Waals surface area contributed by atoms with Gasteiger partial charge in [0.1, 0.15) is 54.3 Å². The van der Waals surface area contributed by atoms with E-state index in [9.17, 15) is 79.2 Å². The molecule has 0 saturated carbocycles. The number of phenolic OH excluding ortho intramolecular Hbond substituents is 1. The molecule has 24 nitrogen and oxygen atoms in total. The lowest BCUT2D eigenvalue weighted by atomic mass is 9.91. The molecular formula is C52H84N8O16. The molecule has 4 rings (SSSR count). The molecule has 0 aromatic heterocycles. The van der Waals surface area contributed by atoms with E-state index in [1.807, 2.05) is 0 Å². The molecule has 3 aliphatic heterocycles. The lowest BCUT2D eigenvalue weighted by Gasteiger charge is -2.35. The minimum absolute atomic E-state index is 0.0392. The van der Waals surface area contributed by atoms with Crippen molar-refractivity contribution in [1.29, 1.82) is 0 Å². The summed E-state index contributed by atoms with van der Waals surface area (Å²) < 4.78 is 0. The van der Waals surface area contributed by atoms with Crippen LogP contribution in [0.4, 0.5) is 0 Å². The van der Waals surface area contributed by atoms with Gasteiger partial charge in [0, 0.05) is 32.0 Å². The normalized spacial score (nSPS) is 28.9. The summed E-state index contributed by atoms with van der Waals surface area (Å²) in [6.45, 7) is 9.10. The van der Waals surface area contributed by atoms with E-state index in [1.165, 1.54) is 25.5 Å². The van der Waals surface area contributed by atoms with E-state index < -0.39 is 158 Å². The van der Waals surface area contributed by atoms with Crippen molar-refractivity contribution < 1.29 is 79.2 Å². The van der Waals surface area contributed by atoms with Crippen molar-refractivity contribution >= 4 is 47.3 Å². The molecule has 15 N–H and O–H groups in total. The molecule has 1 aromatic carbocycles. The summed E-state index contributed by atoms with van der Waals surface area (Å²) in [6.07, 6.45) is -7.44. The Morgan fingerprint density at radius 2 is 1.37 bits per heavy atom. The maximum atomic E-state index is 14.4. The van der Waals surface area contributed by atoms with Gasteiger partial charge in [0.2, 0.25) is 47.3 Å². The smallest absolute Gasteiger partial charge is 0.248 e. The van der Waals surface area contributed by atoms with Crippen LogP contribution < -0.4 is 32.3 Å². The van der Waals surface area contributed by atoms with Crippen molar-refractivity contribution in [2.45, 2.75) is 210 Å². The number of unbranched alkanes of at least 4 members (excludes halogenated alkanes) is 5. The van der Waals surface area contributed by atoms with E-state index in [0.717, 1.165) is 66.9 Å². The Morgan fingerprint density at radius 3 is 2.00 bits per heavy atom. The summed E-state index contributed by atoms with van der Waals surface area (Å²) in [5.41, 5.74) is 5.28. The van der Waals surface area contributed by atoms with Gasteiger partial charge in [-0.15, -0.1) is 0 Å². The Balaban J connectivity index is 1.67. The fourth-order valence-electron chi connectivity index (χ4n) is 10.3. The second-order valence-corrected chi connectivity index (χ2v) is 21.4. The van der Waals surface area contributed by atoms with Crippen LogP contribution in [-0.4, -0.2) is 184 Å². The number of hydrogen-bond donors (Lipinski definition) is 14. The van der Waals surface area contributed by atoms with Crippen LogP contribution in [0.15, 0.2) is 24.3 Å². The number of aliphatic hydroxyl groups excluding tert-OH is 7. The Hall–Kier alpha value is -5.50. The first-order valence-electron chi connectivity index (χ1n) is 26.8. The number of amides is 8. The number of primary amides is 1. The second-order valence-electron chi connectivity index (χ2n) is 21.4. The highest BCUT2D eigenvalue weighted by Gasteiger charge is 2.48. The molecule has 3 aliphatic rings. The van der Waals surface area contributed by atoms with Gasteiger partial charge in [0.25, 0.3) is 0 Å². The van der Waals surface area contributed by atoms with Crippen LogP contribution in [0.25, 0.3) is 0 Å². The van der Waals surface area contributed by atoms with Crippen molar-refractivity contribution in [3.8, 4) is 5.75 Å². The average molecular weight is 1080 g/mol. The predicted octanol–water partition coefficient (Wildman–Crippen LogP) is -1.68. The number of phenols is 1. The lowest BCUT2D eigenvalue weighted by Crippen LogP contribution is -2.65. The highest BCUT2D eigenvalue weighted by Crippen LogP contribution is 2.28. The van der Waals surface area contributed by atoms with Gasteiger partial charge in [-0.3, -0.25) is 38.4 Å². The number of nitrogens with two attached hydrogens (primary N) is 1. The number of carbonyl (C=O) groups is 8. The molecule has 0 radical (unpaired) electrons. The van der Waals surface area contributed by atoms with E-state index in [0.29, 0.717) is 18.3 Å². The van der Waals surface area contributed by atoms with Gasteiger partial charge >= 0.3 is 0 Å². The van der Waals surface area contributed by atoms with Gasteiger partial charge in [-0.1, -0.05) is 84.8 Å². The molecule has 0 bridgehead atoms. The number of aromatic hydroxyl groups is 1. The molecule has 428 valence electrons. The van der Waals surface area contributed by atoms with Crippen molar-refractivity contribution in [2.75, 3.05) is 13.1 Å². The standard InChI is InChI=1S/C52H84N8O16/c1-6-27(2)21-28(3)13-11-9-7-8-10-12-14-39(67)54-32-23-37(65)48(72)58-50(74)44-35(63)19-20-59(44)52(76)42(36(64)25-38(53)66)56-49(73)43(46(70)45(69)31-15-17-33(62)18-16-31)57-47(71)34-22-29(4)26-60(34)51(75)41(30(5)61)55-40(68)24-32/h15-18,27-30,32,34-37,41-46,48,61-65,69-70,72H,6-14,19-26H2,1-5H3,(H2,53,66)(H,54,67)(H,55,68)(H,56,73)(H,57,71)(H,58,74)/t27?,28?,29-,30-,32-,34?,35-,36+,37+,41?,42?,43?,44?,45-,46-,48+/m0/s1. The zero-order chi connectivity index (χ0) is 56.6. The average Bonchev–Trinajstić information content (AvgIpc) is 3.95. The Bertz CT molecular complexity index is 2120. The molecule has 24 heteroatoms. The van der Waals surface area contributed by atoms with Crippen molar-refractivity contribution in [3.05, 3.63) is 29.8 Å². The molecule has 0 aliphatic carbocycles. The van der Waals surface area contributed by atoms with E-state index >= 15 is 0 Å². The molecule has 8 amide bonds. The third-order valence-corrected chi connectivity index (χ3v) is 14.7. The maximum absolute atomic E-state index is 14.4. The number of hydrogen-bond acceptors (Lipinski definition) is 16. The first-order valence-corrected chi connectivity index (χ1v) is 26.8. The monoisotopic (exact) mass is 1080 g/mol. The second kappa shape index (κ2) is 29.9. The van der Waals surface area contributed by atoms with Crippen LogP contribution in [0.1, 0.15) is 143 Å². The Kier molecular flexibility index (Phi) is 24.8. The maximum Gasteiger partial charge on any atom is 0.248 e. The molecule has 3 heterocycles. The molecule has 16 atom stereocenters. The molecule has 0 spiro atoms. The minimum atomic E-state index is -2.29. The third kappa shape index (κ3) is 18.3. The quantitative estimate of drug-likeness (QED) is 0.0649. The van der Waals surface area contributed by atoms with Gasteiger partial charge in [-0.2, -0.15) is 0 Å². The van der Waals surface area contributed by atoms with Gasteiger partial charge in [-0.25, -0.2) is 0 Å². The van der Waals surface area contributed by atoms with Crippen LogP contribution in [-0.2, 0) is 38.4 Å². The molecule has 7 unspecified atom stereocenters. The highest BCUT2D eigenvalue weighted by atomic mass is 16.3. The van der Waals surface area contributed by atoms with Crippen molar-refractivity contribution in [2.24, 2.45) is 23.5 Å². The fraction of sp³-hybridized carbons (Fsp3) is 0.731. The van der Waals surface area contributed by atoms with Crippen LogP contribution in [0, 0.1) is 17.8 Å². The van der Waals surface area contributed by atoms with Crippen LogP contribution in [0.3, 0.4) is 0 Å². The summed E-state index contributed by atoms with van der Waals surface area (Å²) in [5, 5.41) is 100. The van der Waals surface area contributed by atoms with Crippen LogP contribution in [0.5, 0.6) is 5.75 Å². The highest BCUT2D eigenvalue weighted by molar-refractivity contribution is 5.98. The largest absolute Gasteiger partial charge is 0.508 e. The van der Waals surface area contributed by atoms with Crippen LogP contribution in [0.2, 0.25) is 0 Å². The summed E-state index contributed by atoms with van der Waals surface area (Å²) in [5.74, 6) is -7.91. The first-order chi connectivity index (χ1) is 35.8. The van der Waals surface area contributed by atoms with E-state index in [4.69, 9.17) is 5.73 Å². The Morgan fingerprint density at radius 1 is 0.750 bits per heavy atom. The number of fused-ring (bicyclic) bond motifs is 2. The predicted molar refractivity (Wildman–Crippen MR) is 273 cm³/mol. The van der Waals surface area contributed by atoms with E-state index in [1.54, 1.807) is 6.92 Å². The number of benzene rings is 1. The third-order valence-electron chi connectivity index (χ3n) is 14.7. The zero-order valence-corrected chi connectivity index (χ0v) is 44.4. The summed E-state index contributed by atoms with van der Waals surface area (Å²) >= 11 is 0. The van der Waals surface area contributed by atoms with Gasteiger partial charge in [0.05, 0.1) is 24.7 Å². The number of nitrogens with one attached hydrogen (secondary N) is 5. The summed E-state index contributed by atoms with van der Waals surface area (Å²) in [4.78, 5) is 113. The van der Waals surface area contributed by atoms with Crippen LogP contribution >= 0.6 is 0 Å². The van der Waals surface area contributed by atoms with Gasteiger partial charge < -0.3 is 83.0 Å². The first kappa shape index (κ1) is 63.0. The minimum Gasteiger partial charge on any atom is -0.508 e. The molecular weight excluding hydrogens is 993 g/mol. The molecule has 3 saturated heterocycles.